The largest absolute Gasteiger partial charge is 0.495 e. The van der Waals surface area contributed by atoms with E-state index in [-0.39, 0.29) is 39.8 Å². The van der Waals surface area contributed by atoms with E-state index in [2.05, 4.69) is 5.32 Å². The second-order valence-electron chi connectivity index (χ2n) is 9.34. The molecule has 8 nitrogen and oxygen atoms in total. The molecule has 2 amide bonds. The van der Waals surface area contributed by atoms with Gasteiger partial charge in [-0.05, 0) is 62.2 Å². The minimum Gasteiger partial charge on any atom is -0.495 e. The van der Waals surface area contributed by atoms with Gasteiger partial charge in [0.1, 0.15) is 18.3 Å². The maximum absolute atomic E-state index is 14.1. The highest BCUT2D eigenvalue weighted by molar-refractivity contribution is 7.92. The number of nitrogens with one attached hydrogen (secondary N) is 1. The number of benzene rings is 3. The monoisotopic (exact) mass is 605 g/mol. The quantitative estimate of drug-likeness (QED) is 0.293. The summed E-state index contributed by atoms with van der Waals surface area (Å²) in [5.74, 6) is -0.748. The number of carbonyl (C=O) groups is 2. The molecule has 3 aromatic rings. The molecule has 3 rings (SSSR count). The van der Waals surface area contributed by atoms with Gasteiger partial charge in [0, 0.05) is 22.6 Å². The molecule has 1 N–H and O–H groups in total. The number of rotatable bonds is 12. The van der Waals surface area contributed by atoms with Crippen LogP contribution in [0.1, 0.15) is 32.8 Å². The van der Waals surface area contributed by atoms with Crippen molar-refractivity contribution < 1.29 is 22.7 Å². The SMILES string of the molecule is CCC(C(=O)NC(C)C)N(Cc1ccccc1Cl)C(=O)CN(c1cc(Cl)ccc1OC)S(=O)(=O)c1ccccc1. The van der Waals surface area contributed by atoms with Gasteiger partial charge in [-0.3, -0.25) is 13.9 Å². The molecule has 1 unspecified atom stereocenters. The summed E-state index contributed by atoms with van der Waals surface area (Å²) in [4.78, 5) is 28.7. The van der Waals surface area contributed by atoms with Crippen LogP contribution in [0.4, 0.5) is 5.69 Å². The maximum Gasteiger partial charge on any atom is 0.264 e. The summed E-state index contributed by atoms with van der Waals surface area (Å²) >= 11 is 12.7. The van der Waals surface area contributed by atoms with Crippen molar-refractivity contribution in [2.45, 2.75) is 50.7 Å². The third-order valence-electron chi connectivity index (χ3n) is 6.14. The number of sulfonamides is 1. The number of hydrogen-bond acceptors (Lipinski definition) is 5. The van der Waals surface area contributed by atoms with E-state index >= 15 is 0 Å². The number of halogens is 2. The molecule has 214 valence electrons. The fourth-order valence-electron chi connectivity index (χ4n) is 4.20. The van der Waals surface area contributed by atoms with Gasteiger partial charge in [-0.1, -0.05) is 66.5 Å². The van der Waals surface area contributed by atoms with Gasteiger partial charge in [0.05, 0.1) is 17.7 Å². The van der Waals surface area contributed by atoms with Gasteiger partial charge in [0.25, 0.3) is 10.0 Å². The molecule has 0 radical (unpaired) electrons. The van der Waals surface area contributed by atoms with Gasteiger partial charge in [0.2, 0.25) is 11.8 Å². The zero-order valence-corrected chi connectivity index (χ0v) is 25.1. The van der Waals surface area contributed by atoms with Gasteiger partial charge in [-0.2, -0.15) is 0 Å². The van der Waals surface area contributed by atoms with Crippen LogP contribution in [0.2, 0.25) is 10.0 Å². The van der Waals surface area contributed by atoms with Crippen LogP contribution in [-0.2, 0) is 26.2 Å². The molecule has 0 bridgehead atoms. The van der Waals surface area contributed by atoms with Crippen LogP contribution in [0.5, 0.6) is 5.75 Å². The van der Waals surface area contributed by atoms with Crippen LogP contribution in [0.25, 0.3) is 0 Å². The predicted octanol–water partition coefficient (Wildman–Crippen LogP) is 5.53. The summed E-state index contributed by atoms with van der Waals surface area (Å²) in [5.41, 5.74) is 0.704. The van der Waals surface area contributed by atoms with E-state index in [9.17, 15) is 18.0 Å². The first-order chi connectivity index (χ1) is 19.0. The molecule has 3 aromatic carbocycles. The lowest BCUT2D eigenvalue weighted by Crippen LogP contribution is -2.53. The summed E-state index contributed by atoms with van der Waals surface area (Å²) in [7, 11) is -2.87. The number of nitrogens with zero attached hydrogens (tertiary/aromatic N) is 2. The van der Waals surface area contributed by atoms with Gasteiger partial charge >= 0.3 is 0 Å². The number of anilines is 1. The van der Waals surface area contributed by atoms with Crippen molar-refractivity contribution in [2.75, 3.05) is 18.0 Å². The minimum absolute atomic E-state index is 0.00552. The molecule has 1 atom stereocenters. The van der Waals surface area contributed by atoms with Gasteiger partial charge < -0.3 is 15.0 Å². The summed E-state index contributed by atoms with van der Waals surface area (Å²) < 4.78 is 34.3. The number of hydrogen-bond donors (Lipinski definition) is 1. The van der Waals surface area contributed by atoms with Gasteiger partial charge in [-0.15, -0.1) is 0 Å². The molecule has 40 heavy (non-hydrogen) atoms. The Balaban J connectivity index is 2.13. The van der Waals surface area contributed by atoms with E-state index in [1.54, 1.807) is 55.5 Å². The highest BCUT2D eigenvalue weighted by Gasteiger charge is 2.35. The van der Waals surface area contributed by atoms with Crippen molar-refractivity contribution in [1.82, 2.24) is 10.2 Å². The molecule has 0 saturated carbocycles. The fraction of sp³-hybridized carbons (Fsp3) is 0.310. The van der Waals surface area contributed by atoms with Crippen LogP contribution < -0.4 is 14.4 Å². The molecule has 0 aliphatic heterocycles. The average Bonchev–Trinajstić information content (AvgIpc) is 2.92. The first kappa shape index (κ1) is 31.3. The number of methoxy groups -OCH3 is 1. The van der Waals surface area contributed by atoms with E-state index in [4.69, 9.17) is 27.9 Å². The Bertz CT molecular complexity index is 1430. The molecule has 0 aliphatic carbocycles. The summed E-state index contributed by atoms with van der Waals surface area (Å²) in [6.07, 6.45) is 0.292. The standard InChI is InChI=1S/C29H33Cl2N3O5S/c1-5-25(29(36)32-20(2)3)33(18-21-11-9-10-14-24(21)31)28(35)19-34(26-17-22(30)15-16-27(26)39-4)40(37,38)23-12-7-6-8-13-23/h6-17,20,25H,5,18-19H2,1-4H3,(H,32,36). The smallest absolute Gasteiger partial charge is 0.264 e. The third kappa shape index (κ3) is 7.47. The zero-order valence-electron chi connectivity index (χ0n) is 22.8. The van der Waals surface area contributed by atoms with E-state index in [1.165, 1.54) is 36.3 Å². The number of ether oxygens (including phenoxy) is 1. The Morgan fingerprint density at radius 1 is 0.975 bits per heavy atom. The Labute approximate surface area is 245 Å². The fourth-order valence-corrected chi connectivity index (χ4v) is 6.00. The average molecular weight is 607 g/mol. The van der Waals surface area contributed by atoms with E-state index in [1.807, 2.05) is 13.8 Å². The van der Waals surface area contributed by atoms with Crippen molar-refractivity contribution in [3.63, 3.8) is 0 Å². The second kappa shape index (κ2) is 13.9. The molecular formula is C29H33Cl2N3O5S. The van der Waals surface area contributed by atoms with Crippen LogP contribution in [-0.4, -0.2) is 50.9 Å². The molecule has 0 aliphatic rings. The van der Waals surface area contributed by atoms with Crippen LogP contribution >= 0.6 is 23.2 Å². The van der Waals surface area contributed by atoms with Crippen LogP contribution in [0, 0.1) is 0 Å². The minimum atomic E-state index is -4.26. The predicted molar refractivity (Wildman–Crippen MR) is 158 cm³/mol. The molecule has 0 spiro atoms. The van der Waals surface area contributed by atoms with Crippen molar-refractivity contribution >= 4 is 50.7 Å². The summed E-state index contributed by atoms with van der Waals surface area (Å²) in [6, 6.07) is 18.2. The lowest BCUT2D eigenvalue weighted by molar-refractivity contribution is -0.140. The molecule has 11 heteroatoms. The number of carbonyl (C=O) groups excluding carboxylic acids is 2. The Morgan fingerprint density at radius 2 is 1.62 bits per heavy atom. The van der Waals surface area contributed by atoms with E-state index < -0.39 is 28.5 Å². The van der Waals surface area contributed by atoms with Crippen LogP contribution in [0.15, 0.2) is 77.7 Å². The Hall–Kier alpha value is -3.27. The number of amides is 2. The summed E-state index contributed by atoms with van der Waals surface area (Å²) in [6.45, 7) is 4.81. The van der Waals surface area contributed by atoms with Gasteiger partial charge in [0.15, 0.2) is 0 Å². The van der Waals surface area contributed by atoms with Crippen LogP contribution in [0.3, 0.4) is 0 Å². The van der Waals surface area contributed by atoms with Crippen molar-refractivity contribution in [3.8, 4) is 5.75 Å². The van der Waals surface area contributed by atoms with E-state index in [0.717, 1.165) is 4.31 Å². The van der Waals surface area contributed by atoms with Crippen molar-refractivity contribution in [3.05, 3.63) is 88.4 Å². The Morgan fingerprint density at radius 3 is 2.23 bits per heavy atom. The first-order valence-electron chi connectivity index (χ1n) is 12.7. The zero-order chi connectivity index (χ0) is 29.4. The molecule has 0 fully saturated rings. The highest BCUT2D eigenvalue weighted by atomic mass is 35.5. The molecular weight excluding hydrogens is 573 g/mol. The highest BCUT2D eigenvalue weighted by Crippen LogP contribution is 2.35. The van der Waals surface area contributed by atoms with E-state index in [0.29, 0.717) is 17.0 Å². The van der Waals surface area contributed by atoms with Crippen molar-refractivity contribution in [1.29, 1.82) is 0 Å². The molecule has 0 aromatic heterocycles. The molecule has 0 heterocycles. The molecule has 0 saturated heterocycles. The maximum atomic E-state index is 14.1. The lowest BCUT2D eigenvalue weighted by Gasteiger charge is -2.34. The Kier molecular flexibility index (Phi) is 10.8. The first-order valence-corrected chi connectivity index (χ1v) is 14.9. The van der Waals surface area contributed by atoms with Gasteiger partial charge in [-0.25, -0.2) is 8.42 Å². The second-order valence-corrected chi connectivity index (χ2v) is 12.0. The normalized spacial score (nSPS) is 12.1. The lowest BCUT2D eigenvalue weighted by atomic mass is 10.1. The summed E-state index contributed by atoms with van der Waals surface area (Å²) in [5, 5.41) is 3.54. The van der Waals surface area contributed by atoms with Crippen molar-refractivity contribution in [2.24, 2.45) is 0 Å². The topological polar surface area (TPSA) is 96.0 Å². The third-order valence-corrected chi connectivity index (χ3v) is 8.51.